The Labute approximate surface area is 129 Å². The quantitative estimate of drug-likeness (QED) is 0.406. The van der Waals surface area contributed by atoms with Gasteiger partial charge in [-0.1, -0.05) is 17.7 Å². The van der Waals surface area contributed by atoms with Crippen LogP contribution in [0.25, 0.3) is 0 Å². The molecule has 0 spiro atoms. The Morgan fingerprint density at radius 1 is 1.36 bits per heavy atom. The molecule has 1 amide bonds. The van der Waals surface area contributed by atoms with Crippen LogP contribution in [0, 0.1) is 25.2 Å². The number of aliphatic carboxylic acids is 1. The molecule has 22 heavy (non-hydrogen) atoms. The lowest BCUT2D eigenvalue weighted by atomic mass is 10.1. The summed E-state index contributed by atoms with van der Waals surface area (Å²) in [6.07, 6.45) is 1.65. The highest BCUT2D eigenvalue weighted by Gasteiger charge is 2.08. The molecule has 1 aromatic rings. The number of hydrogen-bond acceptors (Lipinski definition) is 4. The molecule has 116 valence electrons. The average molecular weight is 301 g/mol. The second kappa shape index (κ2) is 8.47. The number of hydrogen-bond donors (Lipinski definition) is 3. The first-order valence-electron chi connectivity index (χ1n) is 6.88. The lowest BCUT2D eigenvalue weighted by Crippen LogP contribution is -2.26. The van der Waals surface area contributed by atoms with Gasteiger partial charge in [-0.2, -0.15) is 5.26 Å². The van der Waals surface area contributed by atoms with E-state index in [1.165, 1.54) is 6.20 Å². The van der Waals surface area contributed by atoms with E-state index in [9.17, 15) is 9.59 Å². The highest BCUT2D eigenvalue weighted by Crippen LogP contribution is 2.16. The third kappa shape index (κ3) is 5.67. The largest absolute Gasteiger partial charge is 0.481 e. The van der Waals surface area contributed by atoms with Gasteiger partial charge in [-0.15, -0.1) is 0 Å². The van der Waals surface area contributed by atoms with E-state index < -0.39 is 11.9 Å². The molecule has 1 rings (SSSR count). The van der Waals surface area contributed by atoms with E-state index in [0.717, 1.165) is 16.8 Å². The maximum absolute atomic E-state index is 11.8. The zero-order valence-corrected chi connectivity index (χ0v) is 12.6. The molecule has 0 bridgehead atoms. The van der Waals surface area contributed by atoms with Gasteiger partial charge >= 0.3 is 5.97 Å². The summed E-state index contributed by atoms with van der Waals surface area (Å²) in [5, 5.41) is 23.0. The highest BCUT2D eigenvalue weighted by atomic mass is 16.4. The van der Waals surface area contributed by atoms with Crippen LogP contribution in [0.15, 0.2) is 30.0 Å². The SMILES string of the molecule is Cc1ccc(N/C=C(/C#N)C(=O)NCCCC(=O)O)c(C)c1. The van der Waals surface area contributed by atoms with E-state index >= 15 is 0 Å². The lowest BCUT2D eigenvalue weighted by Gasteiger charge is -2.07. The van der Waals surface area contributed by atoms with Gasteiger partial charge in [0.05, 0.1) is 0 Å². The summed E-state index contributed by atoms with van der Waals surface area (Å²) >= 11 is 0. The van der Waals surface area contributed by atoms with Crippen molar-refractivity contribution in [2.24, 2.45) is 0 Å². The summed E-state index contributed by atoms with van der Waals surface area (Å²) < 4.78 is 0. The highest BCUT2D eigenvalue weighted by molar-refractivity contribution is 5.97. The first kappa shape index (κ1) is 17.2. The van der Waals surface area contributed by atoms with E-state index in [1.807, 2.05) is 38.1 Å². The number of aryl methyl sites for hydroxylation is 2. The fraction of sp³-hybridized carbons (Fsp3) is 0.312. The molecule has 6 heteroatoms. The molecule has 0 atom stereocenters. The Kier molecular flexibility index (Phi) is 6.64. The fourth-order valence-corrected chi connectivity index (χ4v) is 1.81. The van der Waals surface area contributed by atoms with Gasteiger partial charge in [0.2, 0.25) is 0 Å². The predicted octanol–water partition coefficient (Wildman–Crippen LogP) is 2.10. The van der Waals surface area contributed by atoms with Gasteiger partial charge in [0, 0.05) is 24.9 Å². The molecule has 6 nitrogen and oxygen atoms in total. The van der Waals surface area contributed by atoms with Crippen LogP contribution in [0.1, 0.15) is 24.0 Å². The number of carboxylic acids is 1. The van der Waals surface area contributed by atoms with Crippen molar-refractivity contribution in [3.8, 4) is 6.07 Å². The molecule has 0 aliphatic heterocycles. The molecule has 0 aliphatic rings. The molecule has 0 fully saturated rings. The summed E-state index contributed by atoms with van der Waals surface area (Å²) in [6, 6.07) is 7.62. The smallest absolute Gasteiger partial charge is 0.303 e. The molecule has 0 heterocycles. The first-order valence-corrected chi connectivity index (χ1v) is 6.88. The van der Waals surface area contributed by atoms with Crippen LogP contribution < -0.4 is 10.6 Å². The number of carbonyl (C=O) groups excluding carboxylic acids is 1. The number of carbonyl (C=O) groups is 2. The molecule has 0 radical (unpaired) electrons. The molecule has 3 N–H and O–H groups in total. The zero-order chi connectivity index (χ0) is 16.5. The fourth-order valence-electron chi connectivity index (χ4n) is 1.81. The van der Waals surface area contributed by atoms with Crippen molar-refractivity contribution in [1.29, 1.82) is 5.26 Å². The van der Waals surface area contributed by atoms with Gasteiger partial charge in [0.15, 0.2) is 0 Å². The van der Waals surface area contributed by atoms with Gasteiger partial charge < -0.3 is 15.7 Å². The van der Waals surface area contributed by atoms with Gasteiger partial charge in [0.1, 0.15) is 11.6 Å². The van der Waals surface area contributed by atoms with Crippen LogP contribution >= 0.6 is 0 Å². The standard InChI is InChI=1S/C16H19N3O3/c1-11-5-6-14(12(2)8-11)19-10-13(9-17)16(22)18-7-3-4-15(20)21/h5-6,8,10,19H,3-4,7H2,1-2H3,(H,18,22)(H,20,21)/b13-10-. The Bertz CT molecular complexity index is 630. The minimum absolute atomic E-state index is 0.0211. The van der Waals surface area contributed by atoms with Gasteiger partial charge in [0.25, 0.3) is 5.91 Å². The topological polar surface area (TPSA) is 102 Å². The van der Waals surface area contributed by atoms with Crippen molar-refractivity contribution < 1.29 is 14.7 Å². The third-order valence-corrected chi connectivity index (χ3v) is 2.97. The van der Waals surface area contributed by atoms with Crippen molar-refractivity contribution in [1.82, 2.24) is 5.32 Å². The zero-order valence-electron chi connectivity index (χ0n) is 12.6. The van der Waals surface area contributed by atoms with Gasteiger partial charge in [-0.25, -0.2) is 0 Å². The number of benzene rings is 1. The normalized spacial score (nSPS) is 10.7. The van der Waals surface area contributed by atoms with Gasteiger partial charge in [-0.3, -0.25) is 9.59 Å². The van der Waals surface area contributed by atoms with Crippen molar-refractivity contribution >= 4 is 17.6 Å². The molecular formula is C16H19N3O3. The van der Waals surface area contributed by atoms with Gasteiger partial charge in [-0.05, 0) is 31.9 Å². The van der Waals surface area contributed by atoms with E-state index in [2.05, 4.69) is 10.6 Å². The summed E-state index contributed by atoms with van der Waals surface area (Å²) in [6.45, 7) is 4.13. The van der Waals surface area contributed by atoms with Crippen LogP contribution in [-0.2, 0) is 9.59 Å². The Morgan fingerprint density at radius 3 is 2.68 bits per heavy atom. The van der Waals surface area contributed by atoms with Crippen LogP contribution in [0.5, 0.6) is 0 Å². The van der Waals surface area contributed by atoms with E-state index in [0.29, 0.717) is 6.42 Å². The lowest BCUT2D eigenvalue weighted by molar-refractivity contribution is -0.137. The molecule has 0 aliphatic carbocycles. The Balaban J connectivity index is 2.60. The van der Waals surface area contributed by atoms with Crippen molar-refractivity contribution in [3.63, 3.8) is 0 Å². The van der Waals surface area contributed by atoms with E-state index in [-0.39, 0.29) is 18.5 Å². The summed E-state index contributed by atoms with van der Waals surface area (Å²) in [4.78, 5) is 22.2. The molecular weight excluding hydrogens is 282 g/mol. The monoisotopic (exact) mass is 301 g/mol. The number of anilines is 1. The number of nitrogens with one attached hydrogen (secondary N) is 2. The molecule has 0 saturated heterocycles. The molecule has 0 saturated carbocycles. The number of amides is 1. The Morgan fingerprint density at radius 2 is 2.09 bits per heavy atom. The van der Waals surface area contributed by atoms with Crippen LogP contribution in [0.3, 0.4) is 0 Å². The van der Waals surface area contributed by atoms with Crippen molar-refractivity contribution in [3.05, 3.63) is 41.1 Å². The number of rotatable bonds is 7. The molecule has 1 aromatic carbocycles. The van der Waals surface area contributed by atoms with Crippen LogP contribution in [-0.4, -0.2) is 23.5 Å². The second-order valence-corrected chi connectivity index (χ2v) is 4.89. The van der Waals surface area contributed by atoms with Crippen LogP contribution in [0.2, 0.25) is 0 Å². The van der Waals surface area contributed by atoms with Crippen molar-refractivity contribution in [2.45, 2.75) is 26.7 Å². The minimum Gasteiger partial charge on any atom is -0.481 e. The summed E-state index contributed by atoms with van der Waals surface area (Å²) in [7, 11) is 0. The number of nitrogens with zero attached hydrogens (tertiary/aromatic N) is 1. The number of nitriles is 1. The van der Waals surface area contributed by atoms with E-state index in [1.54, 1.807) is 0 Å². The number of carboxylic acid groups (broad SMARTS) is 1. The third-order valence-electron chi connectivity index (χ3n) is 2.97. The second-order valence-electron chi connectivity index (χ2n) is 4.89. The van der Waals surface area contributed by atoms with Crippen LogP contribution in [0.4, 0.5) is 5.69 Å². The predicted molar refractivity (Wildman–Crippen MR) is 83.1 cm³/mol. The molecule has 0 aromatic heterocycles. The Hall–Kier alpha value is -2.81. The average Bonchev–Trinajstić information content (AvgIpc) is 2.46. The maximum Gasteiger partial charge on any atom is 0.303 e. The maximum atomic E-state index is 11.8. The summed E-state index contributed by atoms with van der Waals surface area (Å²) in [5.74, 6) is -1.44. The van der Waals surface area contributed by atoms with E-state index in [4.69, 9.17) is 10.4 Å². The van der Waals surface area contributed by atoms with Crippen molar-refractivity contribution in [2.75, 3.05) is 11.9 Å². The summed E-state index contributed by atoms with van der Waals surface area (Å²) in [5.41, 5.74) is 2.89. The molecule has 0 unspecified atom stereocenters. The minimum atomic E-state index is -0.915. The first-order chi connectivity index (χ1) is 10.4.